The fourth-order valence-corrected chi connectivity index (χ4v) is 1.70. The fraction of sp³-hybridized carbons (Fsp3) is 0.417. The van der Waals surface area contributed by atoms with E-state index in [-0.39, 0.29) is 28.9 Å². The topological polar surface area (TPSA) is 90.7 Å². The lowest BCUT2D eigenvalue weighted by Gasteiger charge is -2.11. The Morgan fingerprint density at radius 3 is 2.37 bits per heavy atom. The molecular weight excluding hydrogens is 252 g/mol. The molecule has 1 amide bonds. The van der Waals surface area contributed by atoms with Gasteiger partial charge in [0.1, 0.15) is 5.69 Å². The van der Waals surface area contributed by atoms with Crippen LogP contribution in [0, 0.1) is 16.0 Å². The number of nitro groups is 1. The van der Waals surface area contributed by atoms with Gasteiger partial charge in [-0.1, -0.05) is 0 Å². The minimum atomic E-state index is -0.565. The second-order valence-electron chi connectivity index (χ2n) is 4.24. The fourth-order valence-electron chi connectivity index (χ4n) is 1.70. The molecule has 1 aliphatic carbocycles. The molecule has 7 heteroatoms. The normalized spacial score (nSPS) is 13.8. The summed E-state index contributed by atoms with van der Waals surface area (Å²) in [6.07, 6.45) is 1.65. The number of anilines is 1. The average Bonchev–Trinajstić information content (AvgIpc) is 3.22. The van der Waals surface area contributed by atoms with Crippen LogP contribution in [-0.4, -0.2) is 25.1 Å². The highest BCUT2D eigenvalue weighted by molar-refractivity contribution is 5.96. The first-order valence-corrected chi connectivity index (χ1v) is 5.78. The van der Waals surface area contributed by atoms with E-state index < -0.39 is 4.92 Å². The molecule has 0 aliphatic heterocycles. The Morgan fingerprint density at radius 1 is 1.32 bits per heavy atom. The Morgan fingerprint density at radius 2 is 1.89 bits per heavy atom. The van der Waals surface area contributed by atoms with E-state index in [9.17, 15) is 14.9 Å². The lowest BCUT2D eigenvalue weighted by Crippen LogP contribution is -2.14. The summed E-state index contributed by atoms with van der Waals surface area (Å²) in [6, 6.07) is 2.64. The first-order valence-electron chi connectivity index (χ1n) is 5.78. The molecule has 0 unspecified atom stereocenters. The number of ether oxygens (including phenoxy) is 2. The highest BCUT2D eigenvalue weighted by Gasteiger charge is 2.31. The number of nitrogens with zero attached hydrogens (tertiary/aromatic N) is 1. The van der Waals surface area contributed by atoms with Crippen molar-refractivity contribution in [2.45, 2.75) is 12.8 Å². The quantitative estimate of drug-likeness (QED) is 0.649. The van der Waals surface area contributed by atoms with Gasteiger partial charge in [0.2, 0.25) is 5.91 Å². The summed E-state index contributed by atoms with van der Waals surface area (Å²) in [6.45, 7) is 0. The van der Waals surface area contributed by atoms with E-state index in [1.165, 1.54) is 26.4 Å². The molecule has 0 heterocycles. The predicted molar refractivity (Wildman–Crippen MR) is 67.6 cm³/mol. The zero-order chi connectivity index (χ0) is 14.0. The average molecular weight is 266 g/mol. The maximum Gasteiger partial charge on any atom is 0.296 e. The van der Waals surface area contributed by atoms with Crippen LogP contribution in [0.25, 0.3) is 0 Å². The number of hydrogen-bond donors (Lipinski definition) is 1. The lowest BCUT2D eigenvalue weighted by molar-refractivity contribution is -0.384. The molecule has 102 valence electrons. The van der Waals surface area contributed by atoms with Crippen LogP contribution in [-0.2, 0) is 4.79 Å². The monoisotopic (exact) mass is 266 g/mol. The summed E-state index contributed by atoms with van der Waals surface area (Å²) in [7, 11) is 2.82. The Hall–Kier alpha value is -2.31. The maximum atomic E-state index is 11.7. The summed E-state index contributed by atoms with van der Waals surface area (Å²) < 4.78 is 10.1. The van der Waals surface area contributed by atoms with Crippen LogP contribution >= 0.6 is 0 Å². The van der Waals surface area contributed by atoms with Crippen molar-refractivity contribution < 1.29 is 19.2 Å². The summed E-state index contributed by atoms with van der Waals surface area (Å²) in [5, 5.41) is 13.6. The van der Waals surface area contributed by atoms with Crippen molar-refractivity contribution in [1.29, 1.82) is 0 Å². The van der Waals surface area contributed by atoms with Gasteiger partial charge in [-0.25, -0.2) is 0 Å². The Balaban J connectivity index is 2.37. The number of benzene rings is 1. The molecule has 2 rings (SSSR count). The number of carbonyl (C=O) groups excluding carboxylic acids is 1. The van der Waals surface area contributed by atoms with Crippen molar-refractivity contribution >= 4 is 17.3 Å². The molecule has 1 aromatic rings. The van der Waals surface area contributed by atoms with Crippen LogP contribution in [0.15, 0.2) is 12.1 Å². The van der Waals surface area contributed by atoms with E-state index in [1.807, 2.05) is 0 Å². The third-order valence-corrected chi connectivity index (χ3v) is 2.90. The van der Waals surface area contributed by atoms with E-state index in [0.29, 0.717) is 5.75 Å². The van der Waals surface area contributed by atoms with Crippen molar-refractivity contribution in [3.63, 3.8) is 0 Å². The molecule has 1 saturated carbocycles. The van der Waals surface area contributed by atoms with Crippen LogP contribution in [0.1, 0.15) is 12.8 Å². The van der Waals surface area contributed by atoms with E-state index in [0.717, 1.165) is 12.8 Å². The minimum absolute atomic E-state index is 0.0345. The van der Waals surface area contributed by atoms with Crippen molar-refractivity contribution in [3.8, 4) is 11.5 Å². The van der Waals surface area contributed by atoms with Gasteiger partial charge >= 0.3 is 0 Å². The Labute approximate surface area is 109 Å². The van der Waals surface area contributed by atoms with Gasteiger partial charge in [-0.2, -0.15) is 0 Å². The number of amides is 1. The van der Waals surface area contributed by atoms with Crippen LogP contribution < -0.4 is 14.8 Å². The largest absolute Gasteiger partial charge is 0.493 e. The smallest absolute Gasteiger partial charge is 0.296 e. The van der Waals surface area contributed by atoms with Crippen LogP contribution in [0.3, 0.4) is 0 Å². The van der Waals surface area contributed by atoms with Gasteiger partial charge in [-0.05, 0) is 12.8 Å². The van der Waals surface area contributed by atoms with Gasteiger partial charge in [-0.15, -0.1) is 0 Å². The Bertz CT molecular complexity index is 525. The van der Waals surface area contributed by atoms with Crippen molar-refractivity contribution in [1.82, 2.24) is 0 Å². The molecule has 0 radical (unpaired) electrons. The summed E-state index contributed by atoms with van der Waals surface area (Å²) >= 11 is 0. The molecular formula is C12H14N2O5. The van der Waals surface area contributed by atoms with Crippen LogP contribution in [0.5, 0.6) is 11.5 Å². The first-order chi connectivity index (χ1) is 9.06. The number of methoxy groups -OCH3 is 2. The second-order valence-corrected chi connectivity index (χ2v) is 4.24. The third kappa shape index (κ3) is 2.75. The standard InChI is InChI=1S/C12H14N2O5/c1-18-10-5-8(13-12(15)7-3-4-7)9(14(16)17)6-11(10)19-2/h5-7H,3-4H2,1-2H3,(H,13,15). The highest BCUT2D eigenvalue weighted by Crippen LogP contribution is 2.39. The molecule has 1 fully saturated rings. The summed E-state index contributed by atoms with van der Waals surface area (Å²) in [5.74, 6) is 0.348. The van der Waals surface area contributed by atoms with Gasteiger partial charge in [0.05, 0.1) is 25.2 Å². The number of carbonyl (C=O) groups is 1. The van der Waals surface area contributed by atoms with E-state index in [4.69, 9.17) is 9.47 Å². The molecule has 1 aliphatic rings. The molecule has 0 aromatic heterocycles. The summed E-state index contributed by atoms with van der Waals surface area (Å²) in [4.78, 5) is 22.1. The number of hydrogen-bond acceptors (Lipinski definition) is 5. The van der Waals surface area contributed by atoms with E-state index in [1.54, 1.807) is 0 Å². The van der Waals surface area contributed by atoms with Gasteiger partial charge in [0.15, 0.2) is 11.5 Å². The molecule has 0 saturated heterocycles. The molecule has 19 heavy (non-hydrogen) atoms. The minimum Gasteiger partial charge on any atom is -0.493 e. The van der Waals surface area contributed by atoms with Gasteiger partial charge in [0.25, 0.3) is 5.69 Å². The zero-order valence-corrected chi connectivity index (χ0v) is 10.6. The first kappa shape index (κ1) is 13.1. The molecule has 7 nitrogen and oxygen atoms in total. The van der Waals surface area contributed by atoms with Crippen molar-refractivity contribution in [2.75, 3.05) is 19.5 Å². The molecule has 0 atom stereocenters. The number of nitrogens with one attached hydrogen (secondary N) is 1. The molecule has 1 aromatic carbocycles. The predicted octanol–water partition coefficient (Wildman–Crippen LogP) is 1.96. The van der Waals surface area contributed by atoms with Gasteiger partial charge in [-0.3, -0.25) is 14.9 Å². The second kappa shape index (κ2) is 5.13. The Kier molecular flexibility index (Phi) is 3.55. The van der Waals surface area contributed by atoms with Gasteiger partial charge in [0, 0.05) is 12.0 Å². The van der Waals surface area contributed by atoms with E-state index >= 15 is 0 Å². The van der Waals surface area contributed by atoms with Crippen molar-refractivity contribution in [3.05, 3.63) is 22.2 Å². The molecule has 1 N–H and O–H groups in total. The number of rotatable bonds is 5. The van der Waals surface area contributed by atoms with Gasteiger partial charge < -0.3 is 14.8 Å². The SMILES string of the molecule is COc1cc(NC(=O)C2CC2)c([N+](=O)[O-])cc1OC. The van der Waals surface area contributed by atoms with Crippen LogP contribution in [0.4, 0.5) is 11.4 Å². The zero-order valence-electron chi connectivity index (χ0n) is 10.6. The summed E-state index contributed by atoms with van der Waals surface area (Å²) in [5.41, 5.74) is -0.0915. The maximum absolute atomic E-state index is 11.7. The van der Waals surface area contributed by atoms with Crippen molar-refractivity contribution in [2.24, 2.45) is 5.92 Å². The third-order valence-electron chi connectivity index (χ3n) is 2.90. The van der Waals surface area contributed by atoms with Crippen LogP contribution in [0.2, 0.25) is 0 Å². The lowest BCUT2D eigenvalue weighted by atomic mass is 10.2. The van der Waals surface area contributed by atoms with E-state index in [2.05, 4.69) is 5.32 Å². The molecule has 0 bridgehead atoms. The number of nitro benzene ring substituents is 1. The molecule has 0 spiro atoms. The highest BCUT2D eigenvalue weighted by atomic mass is 16.6.